The van der Waals surface area contributed by atoms with E-state index in [2.05, 4.69) is 56.3 Å². The quantitative estimate of drug-likeness (QED) is 0.553. The predicted octanol–water partition coefficient (Wildman–Crippen LogP) is 5.04. The van der Waals surface area contributed by atoms with Crippen LogP contribution in [0.5, 0.6) is 0 Å². The van der Waals surface area contributed by atoms with Crippen molar-refractivity contribution in [1.82, 2.24) is 4.90 Å². The van der Waals surface area contributed by atoms with Crippen molar-refractivity contribution in [2.45, 2.75) is 57.9 Å². The number of unbranched alkanes of at least 4 members (excludes halogenated alkanes) is 5. The van der Waals surface area contributed by atoms with Crippen molar-refractivity contribution in [3.63, 3.8) is 0 Å². The topological polar surface area (TPSA) is 3.24 Å². The molecule has 0 aliphatic heterocycles. The lowest BCUT2D eigenvalue weighted by atomic mass is 9.99. The molecular weight excluding hydrogens is 218 g/mol. The Kier molecular flexibility index (Phi) is 7.75. The first kappa shape index (κ1) is 15.2. The molecule has 0 fully saturated rings. The van der Waals surface area contributed by atoms with Crippen molar-refractivity contribution in [2.24, 2.45) is 0 Å². The second-order valence-corrected chi connectivity index (χ2v) is 5.45. The maximum atomic E-state index is 2.35. The Hall–Kier alpha value is -0.820. The van der Waals surface area contributed by atoms with Gasteiger partial charge < -0.3 is 4.90 Å². The molecule has 0 saturated carbocycles. The summed E-state index contributed by atoms with van der Waals surface area (Å²) < 4.78 is 0. The molecule has 18 heavy (non-hydrogen) atoms. The first-order valence-electron chi connectivity index (χ1n) is 7.47. The van der Waals surface area contributed by atoms with Crippen molar-refractivity contribution in [1.29, 1.82) is 0 Å². The molecule has 1 nitrogen and oxygen atoms in total. The van der Waals surface area contributed by atoms with Crippen LogP contribution in [0, 0.1) is 0 Å². The average molecular weight is 247 g/mol. The van der Waals surface area contributed by atoms with Gasteiger partial charge >= 0.3 is 0 Å². The van der Waals surface area contributed by atoms with Gasteiger partial charge in [0.05, 0.1) is 0 Å². The van der Waals surface area contributed by atoms with E-state index in [-0.39, 0.29) is 0 Å². The molecule has 0 N–H and O–H groups in total. The molecular formula is C17H29N. The van der Waals surface area contributed by atoms with Crippen LogP contribution >= 0.6 is 0 Å². The third-order valence-corrected chi connectivity index (χ3v) is 3.64. The summed E-state index contributed by atoms with van der Waals surface area (Å²) in [5.74, 6) is 0. The van der Waals surface area contributed by atoms with Gasteiger partial charge in [0.2, 0.25) is 0 Å². The van der Waals surface area contributed by atoms with Gasteiger partial charge in [-0.15, -0.1) is 0 Å². The van der Waals surface area contributed by atoms with E-state index in [9.17, 15) is 0 Å². The minimum atomic E-state index is 0.581. The molecule has 102 valence electrons. The average Bonchev–Trinajstić information content (AvgIpc) is 2.38. The van der Waals surface area contributed by atoms with E-state index in [1.807, 2.05) is 0 Å². The lowest BCUT2D eigenvalue weighted by Gasteiger charge is -2.24. The van der Waals surface area contributed by atoms with Crippen molar-refractivity contribution in [3.05, 3.63) is 35.9 Å². The fourth-order valence-corrected chi connectivity index (χ4v) is 2.52. The highest BCUT2D eigenvalue weighted by Crippen LogP contribution is 2.24. The number of hydrogen-bond acceptors (Lipinski definition) is 1. The summed E-state index contributed by atoms with van der Waals surface area (Å²) in [6.45, 7) is 2.28. The van der Waals surface area contributed by atoms with Crippen LogP contribution < -0.4 is 0 Å². The molecule has 0 saturated heterocycles. The summed E-state index contributed by atoms with van der Waals surface area (Å²) in [7, 11) is 4.38. The summed E-state index contributed by atoms with van der Waals surface area (Å²) in [5.41, 5.74) is 1.45. The van der Waals surface area contributed by atoms with E-state index in [0.717, 1.165) is 0 Å². The van der Waals surface area contributed by atoms with Gasteiger partial charge in [-0.25, -0.2) is 0 Å². The Bertz CT molecular complexity index is 292. The van der Waals surface area contributed by atoms with Crippen LogP contribution in [0.25, 0.3) is 0 Å². The Morgan fingerprint density at radius 1 is 0.889 bits per heavy atom. The lowest BCUT2D eigenvalue weighted by Crippen LogP contribution is -2.19. The zero-order valence-corrected chi connectivity index (χ0v) is 12.4. The first-order chi connectivity index (χ1) is 8.75. The second-order valence-electron chi connectivity index (χ2n) is 5.45. The van der Waals surface area contributed by atoms with Crippen molar-refractivity contribution < 1.29 is 0 Å². The molecule has 1 rings (SSSR count). The summed E-state index contributed by atoms with van der Waals surface area (Å²) in [6.07, 6.45) is 9.57. The lowest BCUT2D eigenvalue weighted by molar-refractivity contribution is 0.276. The predicted molar refractivity (Wildman–Crippen MR) is 80.9 cm³/mol. The SMILES string of the molecule is CCCCCCCCC(c1ccccc1)N(C)C. The van der Waals surface area contributed by atoms with E-state index in [0.29, 0.717) is 6.04 Å². The Morgan fingerprint density at radius 2 is 1.50 bits per heavy atom. The summed E-state index contributed by atoms with van der Waals surface area (Å²) in [6, 6.07) is 11.5. The van der Waals surface area contributed by atoms with E-state index in [4.69, 9.17) is 0 Å². The Labute approximate surface area is 113 Å². The summed E-state index contributed by atoms with van der Waals surface area (Å²) in [5, 5.41) is 0. The van der Waals surface area contributed by atoms with E-state index < -0.39 is 0 Å². The smallest absolute Gasteiger partial charge is 0.0342 e. The van der Waals surface area contributed by atoms with Crippen LogP contribution in [0.1, 0.15) is 63.5 Å². The molecule has 1 heteroatoms. The van der Waals surface area contributed by atoms with Gasteiger partial charge in [-0.05, 0) is 26.1 Å². The molecule has 1 unspecified atom stereocenters. The molecule has 0 spiro atoms. The molecule has 1 aromatic carbocycles. The molecule has 0 bridgehead atoms. The Morgan fingerprint density at radius 3 is 2.11 bits per heavy atom. The van der Waals surface area contributed by atoms with Gasteiger partial charge in [0, 0.05) is 6.04 Å². The fourth-order valence-electron chi connectivity index (χ4n) is 2.52. The van der Waals surface area contributed by atoms with Crippen molar-refractivity contribution in [2.75, 3.05) is 14.1 Å². The highest BCUT2D eigenvalue weighted by atomic mass is 15.1. The fraction of sp³-hybridized carbons (Fsp3) is 0.647. The van der Waals surface area contributed by atoms with Crippen LogP contribution in [0.15, 0.2) is 30.3 Å². The van der Waals surface area contributed by atoms with Crippen LogP contribution in [-0.4, -0.2) is 19.0 Å². The van der Waals surface area contributed by atoms with Crippen LogP contribution in [0.3, 0.4) is 0 Å². The molecule has 0 amide bonds. The van der Waals surface area contributed by atoms with Crippen molar-refractivity contribution >= 4 is 0 Å². The molecule has 1 atom stereocenters. The minimum Gasteiger partial charge on any atom is -0.302 e. The van der Waals surface area contributed by atoms with Gasteiger partial charge in [-0.3, -0.25) is 0 Å². The van der Waals surface area contributed by atoms with E-state index in [1.165, 1.54) is 50.5 Å². The highest BCUT2D eigenvalue weighted by molar-refractivity contribution is 5.18. The van der Waals surface area contributed by atoms with E-state index in [1.54, 1.807) is 0 Å². The van der Waals surface area contributed by atoms with Gasteiger partial charge in [-0.1, -0.05) is 75.8 Å². The molecule has 1 aromatic rings. The molecule has 0 radical (unpaired) electrons. The first-order valence-corrected chi connectivity index (χ1v) is 7.47. The van der Waals surface area contributed by atoms with E-state index >= 15 is 0 Å². The summed E-state index contributed by atoms with van der Waals surface area (Å²) >= 11 is 0. The second kappa shape index (κ2) is 9.16. The number of hydrogen-bond donors (Lipinski definition) is 0. The van der Waals surface area contributed by atoms with Crippen LogP contribution in [0.2, 0.25) is 0 Å². The molecule has 0 aromatic heterocycles. The molecule has 0 aliphatic carbocycles. The Balaban J connectivity index is 2.31. The van der Waals surface area contributed by atoms with Gasteiger partial charge in [0.25, 0.3) is 0 Å². The highest BCUT2D eigenvalue weighted by Gasteiger charge is 2.12. The van der Waals surface area contributed by atoms with Crippen molar-refractivity contribution in [3.8, 4) is 0 Å². The zero-order valence-electron chi connectivity index (χ0n) is 12.4. The normalized spacial score (nSPS) is 12.9. The third-order valence-electron chi connectivity index (χ3n) is 3.64. The molecule has 0 aliphatic rings. The van der Waals surface area contributed by atoms with Gasteiger partial charge in [-0.2, -0.15) is 0 Å². The van der Waals surface area contributed by atoms with Gasteiger partial charge in [0.1, 0.15) is 0 Å². The van der Waals surface area contributed by atoms with Crippen LogP contribution in [-0.2, 0) is 0 Å². The number of benzene rings is 1. The molecule has 0 heterocycles. The maximum absolute atomic E-state index is 2.35. The summed E-state index contributed by atoms with van der Waals surface area (Å²) in [4.78, 5) is 2.35. The number of rotatable bonds is 9. The largest absolute Gasteiger partial charge is 0.302 e. The zero-order chi connectivity index (χ0) is 13.2. The van der Waals surface area contributed by atoms with Crippen LogP contribution in [0.4, 0.5) is 0 Å². The maximum Gasteiger partial charge on any atom is 0.0342 e. The minimum absolute atomic E-state index is 0.581. The monoisotopic (exact) mass is 247 g/mol. The third kappa shape index (κ3) is 5.68. The number of nitrogens with zero attached hydrogens (tertiary/aromatic N) is 1. The standard InChI is InChI=1S/C17H29N/c1-4-5-6-7-8-12-15-17(18(2)3)16-13-10-9-11-14-16/h9-11,13-14,17H,4-8,12,15H2,1-3H3. The van der Waals surface area contributed by atoms with Gasteiger partial charge in [0.15, 0.2) is 0 Å².